The molecule has 0 radical (unpaired) electrons. The Balaban J connectivity index is 2.47. The summed E-state index contributed by atoms with van der Waals surface area (Å²) in [6, 6.07) is 0. The lowest BCUT2D eigenvalue weighted by Crippen LogP contribution is -2.32. The summed E-state index contributed by atoms with van der Waals surface area (Å²) in [6.07, 6.45) is 5.71. The smallest absolute Gasteiger partial charge is 0.211 e. The average Bonchev–Trinajstić information content (AvgIpc) is 2.29. The quantitative estimate of drug-likeness (QED) is 0.827. The first-order valence-corrected chi connectivity index (χ1v) is 8.37. The zero-order valence-electron chi connectivity index (χ0n) is 11.6. The van der Waals surface area contributed by atoms with Crippen molar-refractivity contribution in [3.63, 3.8) is 0 Å². The molecular weight excluding hydrogens is 234 g/mol. The average molecular weight is 261 g/mol. The molecule has 17 heavy (non-hydrogen) atoms. The predicted octanol–water partition coefficient (Wildman–Crippen LogP) is 2.78. The minimum absolute atomic E-state index is 0.308. The molecule has 0 amide bonds. The largest absolute Gasteiger partial charge is 0.218 e. The molecule has 1 saturated carbocycles. The van der Waals surface area contributed by atoms with Gasteiger partial charge in [0.1, 0.15) is 0 Å². The van der Waals surface area contributed by atoms with Crippen molar-refractivity contribution in [1.29, 1.82) is 0 Å². The highest BCUT2D eigenvalue weighted by molar-refractivity contribution is 7.89. The second-order valence-electron chi connectivity index (χ2n) is 6.05. The lowest BCUT2D eigenvalue weighted by atomic mass is 9.68. The third-order valence-electron chi connectivity index (χ3n) is 4.63. The maximum absolute atomic E-state index is 11.5. The van der Waals surface area contributed by atoms with Crippen LogP contribution in [0.3, 0.4) is 0 Å². The van der Waals surface area contributed by atoms with E-state index in [2.05, 4.69) is 25.5 Å². The molecule has 0 saturated heterocycles. The lowest BCUT2D eigenvalue weighted by Gasteiger charge is -2.38. The molecule has 3 nitrogen and oxygen atoms in total. The van der Waals surface area contributed by atoms with Crippen molar-refractivity contribution in [2.45, 2.75) is 52.9 Å². The summed E-state index contributed by atoms with van der Waals surface area (Å²) in [5.74, 6) is 1.43. The molecule has 0 aromatic rings. The fourth-order valence-corrected chi connectivity index (χ4v) is 3.91. The molecule has 1 fully saturated rings. The first kappa shape index (κ1) is 15.0. The normalized spacial score (nSPS) is 27.1. The summed E-state index contributed by atoms with van der Waals surface area (Å²) in [5.41, 5.74) is 0.410. The third kappa shape index (κ3) is 4.25. The molecule has 0 aromatic carbocycles. The minimum Gasteiger partial charge on any atom is -0.218 e. The topological polar surface area (TPSA) is 46.2 Å². The number of hydrogen-bond donors (Lipinski definition) is 1. The van der Waals surface area contributed by atoms with E-state index in [1.165, 1.54) is 26.3 Å². The summed E-state index contributed by atoms with van der Waals surface area (Å²) in [4.78, 5) is 0. The van der Waals surface area contributed by atoms with E-state index < -0.39 is 10.0 Å². The highest BCUT2D eigenvalue weighted by Gasteiger charge is 2.32. The Morgan fingerprint density at radius 1 is 1.18 bits per heavy atom. The maximum Gasteiger partial charge on any atom is 0.211 e. The summed E-state index contributed by atoms with van der Waals surface area (Å²) in [6.45, 7) is 6.92. The van der Waals surface area contributed by atoms with E-state index in [1.807, 2.05) is 0 Å². The van der Waals surface area contributed by atoms with Crippen LogP contribution in [-0.2, 0) is 10.0 Å². The van der Waals surface area contributed by atoms with Crippen LogP contribution in [0.1, 0.15) is 52.9 Å². The fraction of sp³-hybridized carbons (Fsp3) is 1.00. The van der Waals surface area contributed by atoms with Gasteiger partial charge in [-0.1, -0.05) is 27.2 Å². The van der Waals surface area contributed by atoms with Crippen LogP contribution in [0.25, 0.3) is 0 Å². The Bertz CT molecular complexity index is 327. The number of nitrogens with one attached hydrogen (secondary N) is 1. The van der Waals surface area contributed by atoms with Gasteiger partial charge in [-0.25, -0.2) is 13.1 Å². The molecule has 0 aliphatic heterocycles. The van der Waals surface area contributed by atoms with Gasteiger partial charge in [-0.05, 0) is 50.0 Å². The predicted molar refractivity (Wildman–Crippen MR) is 72.4 cm³/mol. The molecule has 1 aliphatic rings. The first-order valence-electron chi connectivity index (χ1n) is 6.72. The van der Waals surface area contributed by atoms with Crippen molar-refractivity contribution < 1.29 is 8.42 Å². The number of hydrogen-bond acceptors (Lipinski definition) is 2. The van der Waals surface area contributed by atoms with E-state index in [0.29, 0.717) is 17.1 Å². The molecule has 0 spiro atoms. The van der Waals surface area contributed by atoms with Gasteiger partial charge in [-0.2, -0.15) is 0 Å². The minimum atomic E-state index is -3.03. The monoisotopic (exact) mass is 261 g/mol. The van der Waals surface area contributed by atoms with Crippen LogP contribution < -0.4 is 4.72 Å². The van der Waals surface area contributed by atoms with Gasteiger partial charge in [0, 0.05) is 0 Å². The molecular formula is C13H27NO2S. The Labute approximate surface area is 106 Å². The fourth-order valence-electron chi connectivity index (χ4n) is 2.79. The van der Waals surface area contributed by atoms with E-state index in [0.717, 1.165) is 18.8 Å². The van der Waals surface area contributed by atoms with Gasteiger partial charge >= 0.3 is 0 Å². The summed E-state index contributed by atoms with van der Waals surface area (Å²) in [7, 11) is -1.53. The van der Waals surface area contributed by atoms with Crippen molar-refractivity contribution in [3.8, 4) is 0 Å². The lowest BCUT2D eigenvalue weighted by molar-refractivity contribution is 0.133. The van der Waals surface area contributed by atoms with Crippen molar-refractivity contribution in [1.82, 2.24) is 4.72 Å². The van der Waals surface area contributed by atoms with Gasteiger partial charge in [0.05, 0.1) is 5.75 Å². The van der Waals surface area contributed by atoms with Gasteiger partial charge in [0.2, 0.25) is 10.0 Å². The first-order chi connectivity index (χ1) is 7.80. The Kier molecular flexibility index (Phi) is 5.02. The number of rotatable bonds is 5. The molecule has 102 valence electrons. The van der Waals surface area contributed by atoms with Crippen LogP contribution in [0, 0.1) is 17.3 Å². The maximum atomic E-state index is 11.5. The SMILES string of the molecule is CCC(C)(C)C1CCC(CS(=O)(=O)NC)CC1. The van der Waals surface area contributed by atoms with Crippen molar-refractivity contribution in [3.05, 3.63) is 0 Å². The third-order valence-corrected chi connectivity index (χ3v) is 6.16. The van der Waals surface area contributed by atoms with E-state index in [1.54, 1.807) is 0 Å². The Morgan fingerprint density at radius 3 is 2.12 bits per heavy atom. The van der Waals surface area contributed by atoms with E-state index in [4.69, 9.17) is 0 Å². The zero-order chi connectivity index (χ0) is 13.1. The van der Waals surface area contributed by atoms with Crippen molar-refractivity contribution in [2.75, 3.05) is 12.8 Å². The molecule has 1 rings (SSSR count). The van der Waals surface area contributed by atoms with Gasteiger partial charge in [-0.15, -0.1) is 0 Å². The summed E-state index contributed by atoms with van der Waals surface area (Å²) < 4.78 is 25.4. The van der Waals surface area contributed by atoms with Crippen LogP contribution in [0.5, 0.6) is 0 Å². The van der Waals surface area contributed by atoms with Crippen LogP contribution in [0.4, 0.5) is 0 Å². The molecule has 1 N–H and O–H groups in total. The second kappa shape index (κ2) is 5.70. The molecule has 0 aromatic heterocycles. The van der Waals surface area contributed by atoms with E-state index in [-0.39, 0.29) is 0 Å². The van der Waals surface area contributed by atoms with Crippen molar-refractivity contribution >= 4 is 10.0 Å². The standard InChI is InChI=1S/C13H27NO2S/c1-5-13(2,3)12-8-6-11(7-9-12)10-17(15,16)14-4/h11-12,14H,5-10H2,1-4H3. The highest BCUT2D eigenvalue weighted by Crippen LogP contribution is 2.42. The molecule has 1 aliphatic carbocycles. The van der Waals surface area contributed by atoms with Crippen LogP contribution in [0.15, 0.2) is 0 Å². The molecule has 0 atom stereocenters. The van der Waals surface area contributed by atoms with Crippen LogP contribution in [-0.4, -0.2) is 21.2 Å². The van der Waals surface area contributed by atoms with Crippen LogP contribution >= 0.6 is 0 Å². The molecule has 0 bridgehead atoms. The molecule has 4 heteroatoms. The van der Waals surface area contributed by atoms with E-state index in [9.17, 15) is 8.42 Å². The Morgan fingerprint density at radius 2 is 1.71 bits per heavy atom. The summed E-state index contributed by atoms with van der Waals surface area (Å²) >= 11 is 0. The second-order valence-corrected chi connectivity index (χ2v) is 8.02. The molecule has 0 heterocycles. The zero-order valence-corrected chi connectivity index (χ0v) is 12.4. The van der Waals surface area contributed by atoms with Gasteiger partial charge in [-0.3, -0.25) is 0 Å². The van der Waals surface area contributed by atoms with Gasteiger partial charge in [0.25, 0.3) is 0 Å². The van der Waals surface area contributed by atoms with Crippen molar-refractivity contribution in [2.24, 2.45) is 17.3 Å². The summed E-state index contributed by atoms with van der Waals surface area (Å²) in [5, 5.41) is 0. The highest BCUT2D eigenvalue weighted by atomic mass is 32.2. The van der Waals surface area contributed by atoms with Crippen LogP contribution in [0.2, 0.25) is 0 Å². The molecule has 0 unspecified atom stereocenters. The number of sulfonamides is 1. The Hall–Kier alpha value is -0.0900. The van der Waals surface area contributed by atoms with Gasteiger partial charge in [0.15, 0.2) is 0 Å². The van der Waals surface area contributed by atoms with Gasteiger partial charge < -0.3 is 0 Å². The van der Waals surface area contributed by atoms with E-state index >= 15 is 0 Å².